The molecule has 0 aliphatic carbocycles. The zero-order valence-corrected chi connectivity index (χ0v) is 10.4. The molecular formula is C12H19NO4. The van der Waals surface area contributed by atoms with Crippen LogP contribution in [0.3, 0.4) is 0 Å². The van der Waals surface area contributed by atoms with Gasteiger partial charge < -0.3 is 19.9 Å². The molecule has 0 aromatic carbocycles. The van der Waals surface area contributed by atoms with E-state index >= 15 is 0 Å². The van der Waals surface area contributed by atoms with Gasteiger partial charge in [0.15, 0.2) is 0 Å². The van der Waals surface area contributed by atoms with Gasteiger partial charge >= 0.3 is 0 Å². The number of aryl methyl sites for hydroxylation is 2. The fourth-order valence-electron chi connectivity index (χ4n) is 1.61. The fourth-order valence-corrected chi connectivity index (χ4v) is 1.61. The first-order valence-corrected chi connectivity index (χ1v) is 5.59. The molecule has 1 aromatic heterocycles. The maximum Gasteiger partial charge on any atom is 0.255 e. The van der Waals surface area contributed by atoms with Crippen LogP contribution in [0.4, 0.5) is 0 Å². The Morgan fingerprint density at radius 3 is 2.35 bits per heavy atom. The number of hydrogen-bond acceptors (Lipinski definition) is 4. The van der Waals surface area contributed by atoms with Gasteiger partial charge in [0.2, 0.25) is 0 Å². The lowest BCUT2D eigenvalue weighted by molar-refractivity contribution is 0.0651. The van der Waals surface area contributed by atoms with Gasteiger partial charge in [-0.1, -0.05) is 6.92 Å². The summed E-state index contributed by atoms with van der Waals surface area (Å²) >= 11 is 0. The predicted octanol–water partition coefficient (Wildman–Crippen LogP) is 0.760. The molecule has 5 heteroatoms. The molecule has 0 atom stereocenters. The van der Waals surface area contributed by atoms with Crippen molar-refractivity contribution in [2.75, 3.05) is 13.2 Å². The number of carbonyl (C=O) groups excluding carboxylic acids is 1. The van der Waals surface area contributed by atoms with E-state index in [-0.39, 0.29) is 19.1 Å². The van der Waals surface area contributed by atoms with Gasteiger partial charge in [0.25, 0.3) is 5.91 Å². The van der Waals surface area contributed by atoms with Crippen molar-refractivity contribution in [1.29, 1.82) is 0 Å². The van der Waals surface area contributed by atoms with Crippen LogP contribution in [0.25, 0.3) is 0 Å². The molecule has 0 unspecified atom stereocenters. The molecule has 17 heavy (non-hydrogen) atoms. The van der Waals surface area contributed by atoms with Crippen molar-refractivity contribution in [1.82, 2.24) is 5.32 Å². The molecule has 1 rings (SSSR count). The van der Waals surface area contributed by atoms with E-state index in [4.69, 9.17) is 4.42 Å². The molecule has 1 amide bonds. The number of aliphatic hydroxyl groups is 2. The average Bonchev–Trinajstić information content (AvgIpc) is 2.65. The topological polar surface area (TPSA) is 82.7 Å². The molecule has 0 fully saturated rings. The minimum atomic E-state index is -0.977. The Morgan fingerprint density at radius 1 is 1.41 bits per heavy atom. The highest BCUT2D eigenvalue weighted by atomic mass is 16.3. The number of rotatable bonds is 5. The van der Waals surface area contributed by atoms with Crippen LogP contribution in [0.15, 0.2) is 10.5 Å². The molecule has 0 saturated heterocycles. The van der Waals surface area contributed by atoms with Crippen molar-refractivity contribution < 1.29 is 19.4 Å². The summed E-state index contributed by atoms with van der Waals surface area (Å²) in [7, 11) is 0. The summed E-state index contributed by atoms with van der Waals surface area (Å²) in [5.74, 6) is 0.841. The Hall–Kier alpha value is -1.33. The third-order valence-corrected chi connectivity index (χ3v) is 2.95. The van der Waals surface area contributed by atoms with E-state index in [1.54, 1.807) is 26.8 Å². The Morgan fingerprint density at radius 2 is 2.00 bits per heavy atom. The summed E-state index contributed by atoms with van der Waals surface area (Å²) in [5.41, 5.74) is -0.545. The molecule has 96 valence electrons. The third kappa shape index (κ3) is 2.87. The molecule has 0 bridgehead atoms. The van der Waals surface area contributed by atoms with Gasteiger partial charge in [0, 0.05) is 0 Å². The number of amides is 1. The highest BCUT2D eigenvalue weighted by molar-refractivity contribution is 5.95. The van der Waals surface area contributed by atoms with Gasteiger partial charge in [-0.05, 0) is 26.3 Å². The van der Waals surface area contributed by atoms with Crippen LogP contribution in [-0.4, -0.2) is 34.9 Å². The van der Waals surface area contributed by atoms with Crippen LogP contribution in [0.1, 0.15) is 35.2 Å². The zero-order valence-electron chi connectivity index (χ0n) is 10.4. The maximum atomic E-state index is 12.0. The second-order valence-corrected chi connectivity index (χ2v) is 4.23. The number of carbonyl (C=O) groups is 1. The van der Waals surface area contributed by atoms with E-state index in [0.29, 0.717) is 23.5 Å². The standard InChI is InChI=1S/C12H19NO4/c1-4-12(6-14,7-15)13-11(16)10-5-8(2)17-9(10)3/h5,14-15H,4,6-7H2,1-3H3,(H,13,16). The van der Waals surface area contributed by atoms with Crippen LogP contribution in [0.5, 0.6) is 0 Å². The van der Waals surface area contributed by atoms with E-state index in [9.17, 15) is 15.0 Å². The molecule has 3 N–H and O–H groups in total. The summed E-state index contributed by atoms with van der Waals surface area (Å²) in [6.07, 6.45) is 0.446. The van der Waals surface area contributed by atoms with Crippen molar-refractivity contribution in [2.24, 2.45) is 0 Å². The lowest BCUT2D eigenvalue weighted by Gasteiger charge is -2.29. The van der Waals surface area contributed by atoms with E-state index in [1.807, 2.05) is 0 Å². The number of hydrogen-bond donors (Lipinski definition) is 3. The van der Waals surface area contributed by atoms with Crippen molar-refractivity contribution in [2.45, 2.75) is 32.7 Å². The third-order valence-electron chi connectivity index (χ3n) is 2.95. The second kappa shape index (κ2) is 5.33. The second-order valence-electron chi connectivity index (χ2n) is 4.23. The normalized spacial score (nSPS) is 11.6. The summed E-state index contributed by atoms with van der Waals surface area (Å²) < 4.78 is 5.27. The Labute approximate surface area is 100 Å². The van der Waals surface area contributed by atoms with Crippen LogP contribution in [0, 0.1) is 13.8 Å². The zero-order chi connectivity index (χ0) is 13.1. The summed E-state index contributed by atoms with van der Waals surface area (Å²) in [6, 6.07) is 1.64. The first-order chi connectivity index (χ1) is 7.98. The minimum absolute atomic E-state index is 0.304. The molecule has 0 aliphatic rings. The summed E-state index contributed by atoms with van der Waals surface area (Å²) in [4.78, 5) is 12.0. The van der Waals surface area contributed by atoms with Crippen molar-refractivity contribution in [3.05, 3.63) is 23.2 Å². The monoisotopic (exact) mass is 241 g/mol. The number of nitrogens with one attached hydrogen (secondary N) is 1. The van der Waals surface area contributed by atoms with Crippen LogP contribution < -0.4 is 5.32 Å². The molecule has 0 saturated carbocycles. The van der Waals surface area contributed by atoms with Crippen LogP contribution >= 0.6 is 0 Å². The van der Waals surface area contributed by atoms with Gasteiger partial charge in [-0.2, -0.15) is 0 Å². The summed E-state index contributed by atoms with van der Waals surface area (Å²) in [5, 5.41) is 21.1. The number of furan rings is 1. The van der Waals surface area contributed by atoms with Gasteiger partial charge in [-0.15, -0.1) is 0 Å². The van der Waals surface area contributed by atoms with Gasteiger partial charge in [-0.3, -0.25) is 4.79 Å². The Bertz CT molecular complexity index is 385. The molecule has 0 spiro atoms. The highest BCUT2D eigenvalue weighted by Crippen LogP contribution is 2.16. The lowest BCUT2D eigenvalue weighted by Crippen LogP contribution is -2.53. The summed E-state index contributed by atoms with van der Waals surface area (Å²) in [6.45, 7) is 4.64. The lowest BCUT2D eigenvalue weighted by atomic mass is 9.98. The van der Waals surface area contributed by atoms with Gasteiger partial charge in [0.1, 0.15) is 11.5 Å². The molecular weight excluding hydrogens is 222 g/mol. The minimum Gasteiger partial charge on any atom is -0.466 e. The molecule has 1 aromatic rings. The van der Waals surface area contributed by atoms with E-state index in [0.717, 1.165) is 0 Å². The number of aliphatic hydroxyl groups excluding tert-OH is 2. The smallest absolute Gasteiger partial charge is 0.255 e. The molecule has 1 heterocycles. The molecule has 5 nitrogen and oxygen atoms in total. The van der Waals surface area contributed by atoms with Crippen molar-refractivity contribution >= 4 is 5.91 Å². The van der Waals surface area contributed by atoms with Crippen molar-refractivity contribution in [3.63, 3.8) is 0 Å². The largest absolute Gasteiger partial charge is 0.466 e. The Kier molecular flexibility index (Phi) is 4.31. The van der Waals surface area contributed by atoms with Crippen molar-refractivity contribution in [3.8, 4) is 0 Å². The average molecular weight is 241 g/mol. The van der Waals surface area contributed by atoms with E-state index in [2.05, 4.69) is 5.32 Å². The quantitative estimate of drug-likeness (QED) is 0.710. The van der Waals surface area contributed by atoms with Gasteiger partial charge in [0.05, 0.1) is 24.3 Å². The first kappa shape index (κ1) is 13.7. The maximum absolute atomic E-state index is 12.0. The van der Waals surface area contributed by atoms with Crippen LogP contribution in [0.2, 0.25) is 0 Å². The van der Waals surface area contributed by atoms with Gasteiger partial charge in [-0.25, -0.2) is 0 Å². The first-order valence-electron chi connectivity index (χ1n) is 5.59. The Balaban J connectivity index is 2.88. The highest BCUT2D eigenvalue weighted by Gasteiger charge is 2.30. The van der Waals surface area contributed by atoms with E-state index in [1.165, 1.54) is 0 Å². The van der Waals surface area contributed by atoms with E-state index < -0.39 is 5.54 Å². The predicted molar refractivity (Wildman–Crippen MR) is 62.8 cm³/mol. The van der Waals surface area contributed by atoms with Crippen LogP contribution in [-0.2, 0) is 0 Å². The molecule has 0 radical (unpaired) electrons. The molecule has 0 aliphatic heterocycles. The fraction of sp³-hybridized carbons (Fsp3) is 0.583. The SMILES string of the molecule is CCC(CO)(CO)NC(=O)c1cc(C)oc1C.